The SMILES string of the molecule is C=CCN1C(=O)CC[C@]12CCCN(Cc1ccncc1)[C@H]2CC. The van der Waals surface area contributed by atoms with E-state index in [1.165, 1.54) is 5.56 Å². The number of carbonyl (C=O) groups excluding carboxylic acids is 1. The molecular weight excluding hydrogens is 286 g/mol. The number of pyridine rings is 1. The van der Waals surface area contributed by atoms with Gasteiger partial charge >= 0.3 is 0 Å². The molecule has 0 bridgehead atoms. The van der Waals surface area contributed by atoms with Gasteiger partial charge in [0, 0.05) is 37.9 Å². The molecule has 23 heavy (non-hydrogen) atoms. The van der Waals surface area contributed by atoms with Crippen molar-refractivity contribution in [3.8, 4) is 0 Å². The van der Waals surface area contributed by atoms with E-state index in [9.17, 15) is 4.79 Å². The number of hydrogen-bond acceptors (Lipinski definition) is 3. The predicted molar refractivity (Wildman–Crippen MR) is 91.8 cm³/mol. The van der Waals surface area contributed by atoms with Gasteiger partial charge in [-0.15, -0.1) is 6.58 Å². The first-order chi connectivity index (χ1) is 11.2. The van der Waals surface area contributed by atoms with Gasteiger partial charge in [-0.05, 0) is 49.9 Å². The summed E-state index contributed by atoms with van der Waals surface area (Å²) in [4.78, 5) is 21.2. The van der Waals surface area contributed by atoms with Crippen molar-refractivity contribution in [1.29, 1.82) is 0 Å². The van der Waals surface area contributed by atoms with Crippen molar-refractivity contribution >= 4 is 5.91 Å². The number of amides is 1. The fraction of sp³-hybridized carbons (Fsp3) is 0.579. The summed E-state index contributed by atoms with van der Waals surface area (Å²) in [6.45, 7) is 8.85. The molecule has 0 aromatic carbocycles. The molecule has 124 valence electrons. The Hall–Kier alpha value is -1.68. The lowest BCUT2D eigenvalue weighted by molar-refractivity contribution is -0.134. The van der Waals surface area contributed by atoms with Crippen LogP contribution >= 0.6 is 0 Å². The maximum atomic E-state index is 12.4. The normalized spacial score (nSPS) is 28.5. The van der Waals surface area contributed by atoms with Crippen molar-refractivity contribution in [2.24, 2.45) is 0 Å². The van der Waals surface area contributed by atoms with E-state index in [1.807, 2.05) is 18.5 Å². The van der Waals surface area contributed by atoms with Crippen molar-refractivity contribution in [2.45, 2.75) is 57.2 Å². The lowest BCUT2D eigenvalue weighted by Gasteiger charge is -2.52. The van der Waals surface area contributed by atoms with Crippen molar-refractivity contribution in [3.05, 3.63) is 42.7 Å². The molecule has 3 heterocycles. The summed E-state index contributed by atoms with van der Waals surface area (Å²) >= 11 is 0. The van der Waals surface area contributed by atoms with Crippen molar-refractivity contribution in [1.82, 2.24) is 14.8 Å². The predicted octanol–water partition coefficient (Wildman–Crippen LogP) is 3.00. The van der Waals surface area contributed by atoms with E-state index in [0.29, 0.717) is 24.9 Å². The molecule has 1 aromatic heterocycles. The minimum atomic E-state index is 0.00526. The number of aromatic nitrogens is 1. The average Bonchev–Trinajstić information content (AvgIpc) is 2.87. The zero-order valence-electron chi connectivity index (χ0n) is 14.1. The summed E-state index contributed by atoms with van der Waals surface area (Å²) in [5, 5.41) is 0. The Balaban J connectivity index is 1.86. The van der Waals surface area contributed by atoms with E-state index in [1.54, 1.807) is 0 Å². The molecule has 2 aliphatic rings. The first kappa shape index (κ1) is 16.2. The van der Waals surface area contributed by atoms with Crippen LogP contribution in [0.3, 0.4) is 0 Å². The summed E-state index contributed by atoms with van der Waals surface area (Å²) in [7, 11) is 0. The number of piperidine rings is 1. The highest BCUT2D eigenvalue weighted by molar-refractivity contribution is 5.80. The van der Waals surface area contributed by atoms with Crippen LogP contribution in [0.5, 0.6) is 0 Å². The third-order valence-corrected chi connectivity index (χ3v) is 5.56. The topological polar surface area (TPSA) is 36.4 Å². The molecular formula is C19H27N3O. The Morgan fingerprint density at radius 1 is 1.39 bits per heavy atom. The van der Waals surface area contributed by atoms with E-state index in [0.717, 1.165) is 38.8 Å². The minimum Gasteiger partial charge on any atom is -0.332 e. The maximum Gasteiger partial charge on any atom is 0.223 e. The Bertz CT molecular complexity index is 559. The highest BCUT2D eigenvalue weighted by atomic mass is 16.2. The van der Waals surface area contributed by atoms with E-state index >= 15 is 0 Å². The molecule has 2 aliphatic heterocycles. The maximum absolute atomic E-state index is 12.4. The smallest absolute Gasteiger partial charge is 0.223 e. The van der Waals surface area contributed by atoms with E-state index in [-0.39, 0.29) is 5.54 Å². The summed E-state index contributed by atoms with van der Waals surface area (Å²) in [5.74, 6) is 0.300. The number of carbonyl (C=O) groups is 1. The Labute approximate surface area is 139 Å². The fourth-order valence-electron chi connectivity index (χ4n) is 4.66. The number of hydrogen-bond donors (Lipinski definition) is 0. The van der Waals surface area contributed by atoms with Crippen LogP contribution < -0.4 is 0 Å². The molecule has 4 nitrogen and oxygen atoms in total. The van der Waals surface area contributed by atoms with E-state index in [2.05, 4.69) is 40.4 Å². The van der Waals surface area contributed by atoms with Crippen LogP contribution in [0.25, 0.3) is 0 Å². The molecule has 1 spiro atoms. The molecule has 3 rings (SSSR count). The van der Waals surface area contributed by atoms with Gasteiger partial charge in [-0.2, -0.15) is 0 Å². The molecule has 0 N–H and O–H groups in total. The second-order valence-corrected chi connectivity index (χ2v) is 6.75. The average molecular weight is 313 g/mol. The summed E-state index contributed by atoms with van der Waals surface area (Å²) in [6, 6.07) is 4.61. The summed E-state index contributed by atoms with van der Waals surface area (Å²) < 4.78 is 0. The van der Waals surface area contributed by atoms with Gasteiger partial charge < -0.3 is 4.90 Å². The molecule has 2 fully saturated rings. The zero-order valence-corrected chi connectivity index (χ0v) is 14.1. The second kappa shape index (κ2) is 6.83. The largest absolute Gasteiger partial charge is 0.332 e. The van der Waals surface area contributed by atoms with Gasteiger partial charge in [0.15, 0.2) is 0 Å². The van der Waals surface area contributed by atoms with Gasteiger partial charge in [0.05, 0.1) is 5.54 Å². The quantitative estimate of drug-likeness (QED) is 0.784. The second-order valence-electron chi connectivity index (χ2n) is 6.75. The minimum absolute atomic E-state index is 0.00526. The molecule has 0 aliphatic carbocycles. The van der Waals surface area contributed by atoms with Crippen molar-refractivity contribution in [2.75, 3.05) is 13.1 Å². The molecule has 0 radical (unpaired) electrons. The fourth-order valence-corrected chi connectivity index (χ4v) is 4.66. The monoisotopic (exact) mass is 313 g/mol. The van der Waals surface area contributed by atoms with Crippen LogP contribution in [0.4, 0.5) is 0 Å². The van der Waals surface area contributed by atoms with Gasteiger partial charge in [-0.3, -0.25) is 14.7 Å². The van der Waals surface area contributed by atoms with Gasteiger partial charge in [0.2, 0.25) is 5.91 Å². The first-order valence-corrected chi connectivity index (χ1v) is 8.75. The molecule has 4 heteroatoms. The summed E-state index contributed by atoms with van der Waals surface area (Å²) in [6.07, 6.45) is 10.6. The van der Waals surface area contributed by atoms with Gasteiger partial charge in [0.1, 0.15) is 0 Å². The van der Waals surface area contributed by atoms with Crippen molar-refractivity contribution in [3.63, 3.8) is 0 Å². The molecule has 1 amide bonds. The van der Waals surface area contributed by atoms with E-state index < -0.39 is 0 Å². The number of nitrogens with zero attached hydrogens (tertiary/aromatic N) is 3. The van der Waals surface area contributed by atoms with Gasteiger partial charge in [-0.1, -0.05) is 13.0 Å². The number of rotatable bonds is 5. The van der Waals surface area contributed by atoms with Crippen LogP contribution in [0.1, 0.15) is 44.6 Å². The number of likely N-dealkylation sites (tertiary alicyclic amines) is 2. The highest BCUT2D eigenvalue weighted by Gasteiger charge is 2.52. The molecule has 1 aromatic rings. The Morgan fingerprint density at radius 2 is 2.17 bits per heavy atom. The highest BCUT2D eigenvalue weighted by Crippen LogP contribution is 2.43. The third kappa shape index (κ3) is 2.92. The molecule has 2 saturated heterocycles. The van der Waals surface area contributed by atoms with Crippen LogP contribution in [0.15, 0.2) is 37.2 Å². The first-order valence-electron chi connectivity index (χ1n) is 8.75. The van der Waals surface area contributed by atoms with Crippen LogP contribution in [0.2, 0.25) is 0 Å². The summed E-state index contributed by atoms with van der Waals surface area (Å²) in [5.41, 5.74) is 1.31. The van der Waals surface area contributed by atoms with Crippen LogP contribution in [-0.2, 0) is 11.3 Å². The standard InChI is InChI=1S/C19H27N3O/c1-3-13-22-18(23)6-10-19(22)9-5-14-21(17(19)4-2)15-16-7-11-20-12-8-16/h3,7-8,11-12,17H,1,4-6,9-10,13-15H2,2H3/t17-,19-/m0/s1. The van der Waals surface area contributed by atoms with E-state index in [4.69, 9.17) is 0 Å². The molecule has 2 atom stereocenters. The Kier molecular flexibility index (Phi) is 4.81. The molecule has 0 unspecified atom stereocenters. The molecule has 0 saturated carbocycles. The lowest BCUT2D eigenvalue weighted by Crippen LogP contribution is -2.62. The zero-order chi connectivity index (χ0) is 16.3. The van der Waals surface area contributed by atoms with Gasteiger partial charge in [0.25, 0.3) is 0 Å². The Morgan fingerprint density at radius 3 is 2.87 bits per heavy atom. The third-order valence-electron chi connectivity index (χ3n) is 5.56. The van der Waals surface area contributed by atoms with Crippen LogP contribution in [0, 0.1) is 0 Å². The van der Waals surface area contributed by atoms with Gasteiger partial charge in [-0.25, -0.2) is 0 Å². The lowest BCUT2D eigenvalue weighted by atomic mass is 9.77. The van der Waals surface area contributed by atoms with Crippen LogP contribution in [-0.4, -0.2) is 45.4 Å². The van der Waals surface area contributed by atoms with Crippen molar-refractivity contribution < 1.29 is 4.79 Å².